The molecule has 0 heterocycles. The van der Waals surface area contributed by atoms with Crippen molar-refractivity contribution in [3.63, 3.8) is 0 Å². The van der Waals surface area contributed by atoms with Crippen LogP contribution in [0.2, 0.25) is 0 Å². The predicted molar refractivity (Wildman–Crippen MR) is 59.7 cm³/mol. The molecule has 0 aliphatic heterocycles. The van der Waals surface area contributed by atoms with Gasteiger partial charge >= 0.3 is 5.97 Å². The summed E-state index contributed by atoms with van der Waals surface area (Å²) in [6, 6.07) is 6.43. The van der Waals surface area contributed by atoms with Crippen molar-refractivity contribution in [3.05, 3.63) is 35.6 Å². The van der Waals surface area contributed by atoms with Crippen molar-refractivity contribution in [2.75, 3.05) is 6.54 Å². The molecule has 0 spiro atoms. The first kappa shape index (κ1) is 12.6. The van der Waals surface area contributed by atoms with E-state index in [0.29, 0.717) is 13.0 Å². The van der Waals surface area contributed by atoms with E-state index in [0.717, 1.165) is 5.56 Å². The summed E-state index contributed by atoms with van der Waals surface area (Å²) in [4.78, 5) is 10.3. The Morgan fingerprint density at radius 1 is 1.56 bits per heavy atom. The Bertz CT molecular complexity index is 355. The second-order valence-electron chi connectivity index (χ2n) is 3.73. The summed E-state index contributed by atoms with van der Waals surface area (Å²) < 4.78 is 12.9. The number of hydrogen-bond acceptors (Lipinski definition) is 2. The third kappa shape index (κ3) is 4.40. The fraction of sp³-hybridized carbons (Fsp3) is 0.417. The van der Waals surface area contributed by atoms with Crippen LogP contribution in [-0.4, -0.2) is 17.6 Å². The van der Waals surface area contributed by atoms with Crippen molar-refractivity contribution in [3.8, 4) is 0 Å². The first-order chi connectivity index (χ1) is 7.59. The van der Waals surface area contributed by atoms with Crippen LogP contribution >= 0.6 is 0 Å². The molecule has 4 heteroatoms. The average molecular weight is 225 g/mol. The molecule has 0 bridgehead atoms. The van der Waals surface area contributed by atoms with Gasteiger partial charge in [-0.25, -0.2) is 4.39 Å². The van der Waals surface area contributed by atoms with Crippen LogP contribution in [0.3, 0.4) is 0 Å². The van der Waals surface area contributed by atoms with E-state index in [-0.39, 0.29) is 18.3 Å². The lowest BCUT2D eigenvalue weighted by molar-refractivity contribution is -0.137. The van der Waals surface area contributed by atoms with Gasteiger partial charge in [-0.15, -0.1) is 0 Å². The van der Waals surface area contributed by atoms with Crippen LogP contribution in [0, 0.1) is 5.82 Å². The lowest BCUT2D eigenvalue weighted by Crippen LogP contribution is -2.20. The maximum absolute atomic E-state index is 12.9. The number of benzene rings is 1. The summed E-state index contributed by atoms with van der Waals surface area (Å²) in [5.74, 6) is -1.04. The SMILES string of the molecule is CC(NCCCC(=O)O)c1cccc(F)c1. The van der Waals surface area contributed by atoms with E-state index in [4.69, 9.17) is 5.11 Å². The average Bonchev–Trinajstić information content (AvgIpc) is 2.24. The number of halogens is 1. The highest BCUT2D eigenvalue weighted by Crippen LogP contribution is 2.13. The van der Waals surface area contributed by atoms with Gasteiger partial charge in [0.1, 0.15) is 5.82 Å². The first-order valence-electron chi connectivity index (χ1n) is 5.30. The van der Waals surface area contributed by atoms with Crippen LogP contribution in [-0.2, 0) is 4.79 Å². The minimum absolute atomic E-state index is 0.0319. The Hall–Kier alpha value is -1.42. The van der Waals surface area contributed by atoms with E-state index in [9.17, 15) is 9.18 Å². The lowest BCUT2D eigenvalue weighted by atomic mass is 10.1. The molecule has 0 fully saturated rings. The summed E-state index contributed by atoms with van der Waals surface area (Å²) in [6.07, 6.45) is 0.734. The van der Waals surface area contributed by atoms with Gasteiger partial charge in [-0.3, -0.25) is 4.79 Å². The van der Waals surface area contributed by atoms with Crippen LogP contribution in [0.25, 0.3) is 0 Å². The summed E-state index contributed by atoms with van der Waals surface area (Å²) in [5, 5.41) is 11.6. The highest BCUT2D eigenvalue weighted by Gasteiger charge is 2.05. The van der Waals surface area contributed by atoms with Crippen molar-refractivity contribution in [2.24, 2.45) is 0 Å². The maximum Gasteiger partial charge on any atom is 0.303 e. The molecule has 0 aliphatic carbocycles. The van der Waals surface area contributed by atoms with Gasteiger partial charge in [0.2, 0.25) is 0 Å². The van der Waals surface area contributed by atoms with E-state index >= 15 is 0 Å². The van der Waals surface area contributed by atoms with E-state index < -0.39 is 5.97 Å². The Morgan fingerprint density at radius 3 is 2.94 bits per heavy atom. The van der Waals surface area contributed by atoms with Crippen molar-refractivity contribution in [1.29, 1.82) is 0 Å². The van der Waals surface area contributed by atoms with Crippen LogP contribution in [0.4, 0.5) is 4.39 Å². The summed E-state index contributed by atoms with van der Waals surface area (Å²) in [7, 11) is 0. The molecular formula is C12H16FNO2. The highest BCUT2D eigenvalue weighted by molar-refractivity contribution is 5.66. The first-order valence-corrected chi connectivity index (χ1v) is 5.30. The van der Waals surface area contributed by atoms with Crippen LogP contribution in [0.15, 0.2) is 24.3 Å². The fourth-order valence-corrected chi connectivity index (χ4v) is 1.45. The van der Waals surface area contributed by atoms with Gasteiger partial charge in [0.05, 0.1) is 0 Å². The van der Waals surface area contributed by atoms with E-state index in [1.54, 1.807) is 6.07 Å². The molecule has 0 aliphatic rings. The standard InChI is InChI=1S/C12H16FNO2/c1-9(14-7-3-6-12(15)16)10-4-2-5-11(13)8-10/h2,4-5,8-9,14H,3,6-7H2,1H3,(H,15,16). The fourth-order valence-electron chi connectivity index (χ4n) is 1.45. The van der Waals surface area contributed by atoms with Crippen molar-refractivity contribution < 1.29 is 14.3 Å². The number of hydrogen-bond donors (Lipinski definition) is 2. The largest absolute Gasteiger partial charge is 0.481 e. The summed E-state index contributed by atoms with van der Waals surface area (Å²) >= 11 is 0. The van der Waals surface area contributed by atoms with Gasteiger partial charge in [0.25, 0.3) is 0 Å². The van der Waals surface area contributed by atoms with E-state index in [2.05, 4.69) is 5.32 Å². The zero-order chi connectivity index (χ0) is 12.0. The molecule has 3 nitrogen and oxygen atoms in total. The highest BCUT2D eigenvalue weighted by atomic mass is 19.1. The summed E-state index contributed by atoms with van der Waals surface area (Å²) in [5.41, 5.74) is 0.871. The van der Waals surface area contributed by atoms with E-state index in [1.165, 1.54) is 12.1 Å². The molecule has 0 aromatic heterocycles. The molecule has 0 radical (unpaired) electrons. The number of nitrogens with one attached hydrogen (secondary N) is 1. The monoisotopic (exact) mass is 225 g/mol. The second-order valence-corrected chi connectivity index (χ2v) is 3.73. The molecule has 88 valence electrons. The third-order valence-corrected chi connectivity index (χ3v) is 2.37. The Balaban J connectivity index is 2.35. The van der Waals surface area contributed by atoms with Crippen LogP contribution < -0.4 is 5.32 Å². The minimum Gasteiger partial charge on any atom is -0.481 e. The Kier molecular flexibility index (Phi) is 4.92. The normalized spacial score (nSPS) is 12.4. The van der Waals surface area contributed by atoms with Crippen molar-refractivity contribution in [1.82, 2.24) is 5.32 Å². The molecule has 0 amide bonds. The predicted octanol–water partition coefficient (Wildman–Crippen LogP) is 2.34. The number of carboxylic acid groups (broad SMARTS) is 1. The zero-order valence-electron chi connectivity index (χ0n) is 9.24. The molecular weight excluding hydrogens is 209 g/mol. The summed E-state index contributed by atoms with van der Waals surface area (Å²) in [6.45, 7) is 2.54. The Labute approximate surface area is 94.3 Å². The molecule has 0 saturated heterocycles. The van der Waals surface area contributed by atoms with Crippen LogP contribution in [0.5, 0.6) is 0 Å². The lowest BCUT2D eigenvalue weighted by Gasteiger charge is -2.13. The van der Waals surface area contributed by atoms with Crippen LogP contribution in [0.1, 0.15) is 31.4 Å². The number of rotatable bonds is 6. The Morgan fingerprint density at radius 2 is 2.31 bits per heavy atom. The van der Waals surface area contributed by atoms with Gasteiger partial charge < -0.3 is 10.4 Å². The van der Waals surface area contributed by atoms with Crippen molar-refractivity contribution in [2.45, 2.75) is 25.8 Å². The smallest absolute Gasteiger partial charge is 0.303 e. The number of carbonyl (C=O) groups is 1. The number of carboxylic acids is 1. The second kappa shape index (κ2) is 6.23. The van der Waals surface area contributed by atoms with Gasteiger partial charge in [-0.1, -0.05) is 12.1 Å². The number of aliphatic carboxylic acids is 1. The molecule has 16 heavy (non-hydrogen) atoms. The maximum atomic E-state index is 12.9. The van der Waals surface area contributed by atoms with E-state index in [1.807, 2.05) is 13.0 Å². The molecule has 1 rings (SSSR count). The zero-order valence-corrected chi connectivity index (χ0v) is 9.24. The molecule has 2 N–H and O–H groups in total. The topological polar surface area (TPSA) is 49.3 Å². The minimum atomic E-state index is -0.791. The molecule has 1 aromatic carbocycles. The quantitative estimate of drug-likeness (QED) is 0.730. The van der Waals surface area contributed by atoms with Gasteiger partial charge in [-0.05, 0) is 37.6 Å². The molecule has 1 aromatic rings. The van der Waals surface area contributed by atoms with Gasteiger partial charge in [0, 0.05) is 12.5 Å². The van der Waals surface area contributed by atoms with Gasteiger partial charge in [-0.2, -0.15) is 0 Å². The molecule has 1 unspecified atom stereocenters. The molecule has 0 saturated carbocycles. The van der Waals surface area contributed by atoms with Gasteiger partial charge in [0.15, 0.2) is 0 Å². The molecule has 1 atom stereocenters. The van der Waals surface area contributed by atoms with Crippen molar-refractivity contribution >= 4 is 5.97 Å². The third-order valence-electron chi connectivity index (χ3n) is 2.37.